The van der Waals surface area contributed by atoms with Crippen LogP contribution in [0.3, 0.4) is 0 Å². The summed E-state index contributed by atoms with van der Waals surface area (Å²) in [5.74, 6) is -4.11. The molecule has 0 spiro atoms. The van der Waals surface area contributed by atoms with Crippen LogP contribution in [0.5, 0.6) is 0 Å². The van der Waals surface area contributed by atoms with Gasteiger partial charge in [-0.3, -0.25) is 0 Å². The van der Waals surface area contributed by atoms with Crippen molar-refractivity contribution in [2.75, 3.05) is 13.2 Å². The Bertz CT molecular complexity index is 1150. The van der Waals surface area contributed by atoms with E-state index < -0.39 is 23.3 Å². The van der Waals surface area contributed by atoms with Crippen LogP contribution >= 0.6 is 0 Å². The third kappa shape index (κ3) is 4.72. The van der Waals surface area contributed by atoms with E-state index in [1.165, 1.54) is 18.2 Å². The summed E-state index contributed by atoms with van der Waals surface area (Å²) >= 11 is 0. The van der Waals surface area contributed by atoms with Gasteiger partial charge in [0.1, 0.15) is 0 Å². The molecular weight excluding hydrogens is 432 g/mol. The minimum atomic E-state index is -0.970. The van der Waals surface area contributed by atoms with Crippen molar-refractivity contribution in [3.8, 4) is 22.3 Å². The summed E-state index contributed by atoms with van der Waals surface area (Å²) < 4.78 is 69.5. The topological polar surface area (TPSA) is 18.5 Å². The van der Waals surface area contributed by atoms with Crippen molar-refractivity contribution in [1.29, 1.82) is 0 Å². The van der Waals surface area contributed by atoms with E-state index in [2.05, 4.69) is 6.58 Å². The fraction of sp³-hybridized carbons (Fsp3) is 0.259. The summed E-state index contributed by atoms with van der Waals surface area (Å²) in [4.78, 5) is 0. The third-order valence-electron chi connectivity index (χ3n) is 5.90. The second-order valence-corrected chi connectivity index (χ2v) is 8.07. The van der Waals surface area contributed by atoms with Crippen LogP contribution in [0, 0.1) is 23.3 Å². The molecule has 1 aliphatic heterocycles. The average molecular weight is 456 g/mol. The van der Waals surface area contributed by atoms with Crippen LogP contribution in [-0.4, -0.2) is 19.5 Å². The van der Waals surface area contributed by atoms with Crippen molar-refractivity contribution in [3.63, 3.8) is 0 Å². The first-order valence-electron chi connectivity index (χ1n) is 10.8. The smallest absolute Gasteiger partial charge is 0.166 e. The highest BCUT2D eigenvalue weighted by Gasteiger charge is 2.26. The molecule has 0 unspecified atom stereocenters. The number of hydrogen-bond donors (Lipinski definition) is 0. The van der Waals surface area contributed by atoms with E-state index in [0.29, 0.717) is 24.0 Å². The van der Waals surface area contributed by atoms with Gasteiger partial charge in [0.25, 0.3) is 0 Å². The van der Waals surface area contributed by atoms with Gasteiger partial charge in [-0.2, -0.15) is 0 Å². The van der Waals surface area contributed by atoms with Gasteiger partial charge >= 0.3 is 0 Å². The standard InChI is InChI=1S/C27H24F4O2/c1-3-4-5-19-10-11-21(25(29)24(19)28)17-6-8-18(9-7-17)22-12-13-23(27(31)26(22)30)20-14-32-16(2)33-15-20/h3,6-13,16,20H,1,4-5,14-15H2,2H3. The summed E-state index contributed by atoms with van der Waals surface area (Å²) in [6.07, 6.45) is 2.19. The molecule has 1 fully saturated rings. The highest BCUT2D eigenvalue weighted by Crippen LogP contribution is 2.33. The second kappa shape index (κ2) is 9.89. The quantitative estimate of drug-likeness (QED) is 0.289. The van der Waals surface area contributed by atoms with Crippen LogP contribution in [0.15, 0.2) is 61.2 Å². The Hall–Kier alpha value is -2.96. The molecule has 1 aliphatic rings. The lowest BCUT2D eigenvalue weighted by atomic mass is 9.94. The number of benzene rings is 3. The molecule has 33 heavy (non-hydrogen) atoms. The predicted octanol–water partition coefficient (Wildman–Crippen LogP) is 7.17. The largest absolute Gasteiger partial charge is 0.352 e. The summed E-state index contributed by atoms with van der Waals surface area (Å²) in [5, 5.41) is 0. The summed E-state index contributed by atoms with van der Waals surface area (Å²) in [5.41, 5.74) is 1.54. The van der Waals surface area contributed by atoms with E-state index in [4.69, 9.17) is 9.47 Å². The van der Waals surface area contributed by atoms with Gasteiger partial charge in [-0.15, -0.1) is 6.58 Å². The Kier molecular flexibility index (Phi) is 6.96. The van der Waals surface area contributed by atoms with Gasteiger partial charge in [0.15, 0.2) is 29.6 Å². The highest BCUT2D eigenvalue weighted by atomic mass is 19.2. The van der Waals surface area contributed by atoms with Gasteiger partial charge in [-0.1, -0.05) is 54.6 Å². The molecule has 1 saturated heterocycles. The Morgan fingerprint density at radius 2 is 1.33 bits per heavy atom. The third-order valence-corrected chi connectivity index (χ3v) is 5.90. The number of allylic oxidation sites excluding steroid dienone is 1. The van der Waals surface area contributed by atoms with Crippen LogP contribution < -0.4 is 0 Å². The van der Waals surface area contributed by atoms with Gasteiger partial charge in [0.2, 0.25) is 0 Å². The maximum Gasteiger partial charge on any atom is 0.166 e. The molecular formula is C27H24F4O2. The van der Waals surface area contributed by atoms with Crippen molar-refractivity contribution in [2.45, 2.75) is 32.0 Å². The molecule has 2 nitrogen and oxygen atoms in total. The molecule has 3 aromatic carbocycles. The lowest BCUT2D eigenvalue weighted by molar-refractivity contribution is -0.176. The first-order chi connectivity index (χ1) is 15.9. The lowest BCUT2D eigenvalue weighted by Gasteiger charge is -2.28. The maximum atomic E-state index is 14.9. The van der Waals surface area contributed by atoms with Gasteiger partial charge < -0.3 is 9.47 Å². The van der Waals surface area contributed by atoms with E-state index in [0.717, 1.165) is 0 Å². The SMILES string of the molecule is C=CCCc1ccc(-c2ccc(-c3ccc(C4COC(C)OC4)c(F)c3F)cc2)c(F)c1F. The second-order valence-electron chi connectivity index (χ2n) is 8.07. The van der Waals surface area contributed by atoms with Crippen molar-refractivity contribution in [2.24, 2.45) is 0 Å². The molecule has 0 saturated carbocycles. The molecule has 6 heteroatoms. The molecule has 4 rings (SSSR count). The predicted molar refractivity (Wildman–Crippen MR) is 120 cm³/mol. The van der Waals surface area contributed by atoms with E-state index in [1.807, 2.05) is 0 Å². The van der Waals surface area contributed by atoms with E-state index >= 15 is 0 Å². The van der Waals surface area contributed by atoms with Gasteiger partial charge in [0.05, 0.1) is 13.2 Å². The molecule has 172 valence electrons. The number of hydrogen-bond acceptors (Lipinski definition) is 2. The normalized spacial score (nSPS) is 18.3. The van der Waals surface area contributed by atoms with E-state index in [-0.39, 0.29) is 47.7 Å². The lowest BCUT2D eigenvalue weighted by Crippen LogP contribution is -2.29. The van der Waals surface area contributed by atoms with Crippen LogP contribution in [0.1, 0.15) is 30.4 Å². The number of aryl methyl sites for hydroxylation is 1. The zero-order valence-electron chi connectivity index (χ0n) is 18.2. The van der Waals surface area contributed by atoms with E-state index in [1.54, 1.807) is 43.3 Å². The molecule has 1 heterocycles. The van der Waals surface area contributed by atoms with Crippen molar-refractivity contribution < 1.29 is 27.0 Å². The average Bonchev–Trinajstić information content (AvgIpc) is 2.83. The number of halogens is 4. The first kappa shape index (κ1) is 23.2. The highest BCUT2D eigenvalue weighted by molar-refractivity contribution is 5.71. The van der Waals surface area contributed by atoms with Gasteiger partial charge in [0, 0.05) is 17.0 Å². The van der Waals surface area contributed by atoms with Crippen LogP contribution in [0.2, 0.25) is 0 Å². The Labute approximate surface area is 190 Å². The van der Waals surface area contributed by atoms with Crippen molar-refractivity contribution in [1.82, 2.24) is 0 Å². The molecule has 0 N–H and O–H groups in total. The molecule has 0 atom stereocenters. The summed E-state index contributed by atoms with van der Waals surface area (Å²) in [6.45, 7) is 5.84. The van der Waals surface area contributed by atoms with Crippen LogP contribution in [-0.2, 0) is 15.9 Å². The zero-order valence-corrected chi connectivity index (χ0v) is 18.2. The molecule has 0 bridgehead atoms. The fourth-order valence-corrected chi connectivity index (χ4v) is 3.97. The van der Waals surface area contributed by atoms with Gasteiger partial charge in [-0.25, -0.2) is 17.6 Å². The number of rotatable bonds is 6. The Balaban J connectivity index is 1.59. The zero-order chi connectivity index (χ0) is 23.5. The minimum Gasteiger partial charge on any atom is -0.352 e. The van der Waals surface area contributed by atoms with Crippen molar-refractivity contribution >= 4 is 0 Å². The van der Waals surface area contributed by atoms with E-state index in [9.17, 15) is 17.6 Å². The Morgan fingerprint density at radius 1 is 0.788 bits per heavy atom. The molecule has 0 aliphatic carbocycles. The van der Waals surface area contributed by atoms with Gasteiger partial charge in [-0.05, 0) is 42.0 Å². The summed E-state index contributed by atoms with van der Waals surface area (Å²) in [6, 6.07) is 12.4. The van der Waals surface area contributed by atoms with Crippen LogP contribution in [0.4, 0.5) is 17.6 Å². The Morgan fingerprint density at radius 3 is 1.91 bits per heavy atom. The monoisotopic (exact) mass is 456 g/mol. The fourth-order valence-electron chi connectivity index (χ4n) is 3.97. The maximum absolute atomic E-state index is 14.9. The molecule has 3 aromatic rings. The van der Waals surface area contributed by atoms with Crippen molar-refractivity contribution in [3.05, 3.63) is 95.6 Å². The molecule has 0 radical (unpaired) electrons. The first-order valence-corrected chi connectivity index (χ1v) is 10.8. The number of ether oxygens (including phenoxy) is 2. The minimum absolute atomic E-state index is 0.0836. The van der Waals surface area contributed by atoms with Crippen LogP contribution in [0.25, 0.3) is 22.3 Å². The summed E-state index contributed by atoms with van der Waals surface area (Å²) in [7, 11) is 0. The molecule has 0 aromatic heterocycles. The molecule has 0 amide bonds.